The quantitative estimate of drug-likeness (QED) is 0.826. The van der Waals surface area contributed by atoms with Gasteiger partial charge in [0.05, 0.1) is 12.5 Å². The highest BCUT2D eigenvalue weighted by molar-refractivity contribution is 5.71. The number of carboxylic acids is 1. The van der Waals surface area contributed by atoms with Gasteiger partial charge in [-0.15, -0.1) is 0 Å². The second-order valence-corrected chi connectivity index (χ2v) is 5.11. The van der Waals surface area contributed by atoms with Crippen molar-refractivity contribution in [3.05, 3.63) is 23.3 Å². The fraction of sp³-hybridized carbons (Fsp3) is 0.533. The Labute approximate surface area is 118 Å². The zero-order chi connectivity index (χ0) is 14.7. The van der Waals surface area contributed by atoms with Crippen molar-refractivity contribution in [2.45, 2.75) is 32.8 Å². The molecule has 0 spiro atoms. The minimum atomic E-state index is -0.885. The Balaban J connectivity index is 2.31. The van der Waals surface area contributed by atoms with Crippen LogP contribution >= 0.6 is 0 Å². The highest BCUT2D eigenvalue weighted by Gasteiger charge is 2.24. The van der Waals surface area contributed by atoms with Crippen molar-refractivity contribution in [1.82, 2.24) is 0 Å². The molecule has 0 saturated heterocycles. The van der Waals surface area contributed by atoms with E-state index in [1.807, 2.05) is 26.0 Å². The lowest BCUT2D eigenvalue weighted by molar-refractivity contribution is -0.141. The van der Waals surface area contributed by atoms with E-state index >= 15 is 0 Å². The maximum atomic E-state index is 11.1. The molecule has 1 aromatic carbocycles. The Kier molecular flexibility index (Phi) is 4.49. The summed E-state index contributed by atoms with van der Waals surface area (Å²) in [4.78, 5) is 11.1. The van der Waals surface area contributed by atoms with Gasteiger partial charge in [-0.1, -0.05) is 0 Å². The third-order valence-electron chi connectivity index (χ3n) is 3.48. The van der Waals surface area contributed by atoms with Crippen molar-refractivity contribution >= 4 is 5.97 Å². The van der Waals surface area contributed by atoms with Crippen molar-refractivity contribution in [3.8, 4) is 11.5 Å². The van der Waals surface area contributed by atoms with Crippen LogP contribution in [0.2, 0.25) is 0 Å². The van der Waals surface area contributed by atoms with Gasteiger partial charge in [0.1, 0.15) is 17.6 Å². The number of benzene rings is 1. The SMILES string of the molecule is CCOc1cc2c(cc1CC(CN)C(=O)O)OC(C)C2. The Morgan fingerprint density at radius 1 is 1.60 bits per heavy atom. The van der Waals surface area contributed by atoms with Gasteiger partial charge >= 0.3 is 5.97 Å². The van der Waals surface area contributed by atoms with Crippen LogP contribution in [0, 0.1) is 5.92 Å². The summed E-state index contributed by atoms with van der Waals surface area (Å²) in [6.45, 7) is 4.57. The molecule has 1 aromatic rings. The number of fused-ring (bicyclic) bond motifs is 1. The molecule has 0 bridgehead atoms. The van der Waals surface area contributed by atoms with E-state index in [0.717, 1.165) is 29.0 Å². The lowest BCUT2D eigenvalue weighted by Gasteiger charge is -2.15. The minimum Gasteiger partial charge on any atom is -0.494 e. The molecule has 3 N–H and O–H groups in total. The fourth-order valence-corrected chi connectivity index (χ4v) is 2.47. The Bertz CT molecular complexity index is 501. The van der Waals surface area contributed by atoms with Crippen LogP contribution in [0.4, 0.5) is 0 Å². The molecule has 1 aliphatic rings. The first-order valence-electron chi connectivity index (χ1n) is 6.93. The van der Waals surface area contributed by atoms with E-state index < -0.39 is 11.9 Å². The number of rotatable bonds is 6. The summed E-state index contributed by atoms with van der Waals surface area (Å²) in [6, 6.07) is 3.86. The molecule has 0 radical (unpaired) electrons. The highest BCUT2D eigenvalue weighted by Crippen LogP contribution is 2.36. The van der Waals surface area contributed by atoms with Crippen LogP contribution in [0.5, 0.6) is 11.5 Å². The molecule has 2 unspecified atom stereocenters. The molecule has 2 rings (SSSR count). The molecule has 110 valence electrons. The first-order valence-corrected chi connectivity index (χ1v) is 6.93. The molecule has 0 amide bonds. The second kappa shape index (κ2) is 6.13. The van der Waals surface area contributed by atoms with Gasteiger partial charge in [0.15, 0.2) is 0 Å². The van der Waals surface area contributed by atoms with E-state index in [-0.39, 0.29) is 12.6 Å². The summed E-state index contributed by atoms with van der Waals surface area (Å²) in [5, 5.41) is 9.14. The van der Waals surface area contributed by atoms with E-state index in [0.29, 0.717) is 13.0 Å². The summed E-state index contributed by atoms with van der Waals surface area (Å²) < 4.78 is 11.4. The van der Waals surface area contributed by atoms with Gasteiger partial charge in [-0.25, -0.2) is 0 Å². The van der Waals surface area contributed by atoms with Crippen molar-refractivity contribution in [2.75, 3.05) is 13.2 Å². The molecule has 0 fully saturated rings. The summed E-state index contributed by atoms with van der Waals surface area (Å²) in [5.74, 6) is 0.0802. The van der Waals surface area contributed by atoms with Gasteiger partial charge < -0.3 is 20.3 Å². The molecular formula is C15H21NO4. The number of ether oxygens (including phenoxy) is 2. The second-order valence-electron chi connectivity index (χ2n) is 5.11. The molecule has 2 atom stereocenters. The standard InChI is InChI=1S/C15H21NO4/c1-3-19-13-6-10-4-9(2)20-14(10)7-11(13)5-12(8-16)15(17)18/h6-7,9,12H,3-5,8,16H2,1-2H3,(H,17,18). The first kappa shape index (κ1) is 14.7. The van der Waals surface area contributed by atoms with E-state index in [1.54, 1.807) is 0 Å². The van der Waals surface area contributed by atoms with Crippen LogP contribution in [-0.2, 0) is 17.6 Å². The van der Waals surface area contributed by atoms with Crippen LogP contribution in [0.15, 0.2) is 12.1 Å². The third kappa shape index (κ3) is 3.04. The molecule has 0 saturated carbocycles. The van der Waals surface area contributed by atoms with Gasteiger partial charge in [0, 0.05) is 18.5 Å². The van der Waals surface area contributed by atoms with Crippen LogP contribution in [0.3, 0.4) is 0 Å². The van der Waals surface area contributed by atoms with Crippen LogP contribution in [0.1, 0.15) is 25.0 Å². The van der Waals surface area contributed by atoms with Gasteiger partial charge in [-0.3, -0.25) is 4.79 Å². The van der Waals surface area contributed by atoms with Crippen LogP contribution < -0.4 is 15.2 Å². The number of hydrogen-bond acceptors (Lipinski definition) is 4. The van der Waals surface area contributed by atoms with Gasteiger partial charge in [-0.2, -0.15) is 0 Å². The van der Waals surface area contributed by atoms with Crippen molar-refractivity contribution in [2.24, 2.45) is 11.7 Å². The number of hydrogen-bond donors (Lipinski definition) is 2. The highest BCUT2D eigenvalue weighted by atomic mass is 16.5. The summed E-state index contributed by atoms with van der Waals surface area (Å²) in [5.41, 5.74) is 7.49. The monoisotopic (exact) mass is 279 g/mol. The molecule has 1 aliphatic heterocycles. The molecular weight excluding hydrogens is 258 g/mol. The third-order valence-corrected chi connectivity index (χ3v) is 3.48. The normalized spacial score (nSPS) is 18.2. The fourth-order valence-electron chi connectivity index (χ4n) is 2.47. The number of aliphatic carboxylic acids is 1. The van der Waals surface area contributed by atoms with Gasteiger partial charge in [0.2, 0.25) is 0 Å². The molecule has 5 heteroatoms. The van der Waals surface area contributed by atoms with E-state index in [9.17, 15) is 4.79 Å². The largest absolute Gasteiger partial charge is 0.494 e. The van der Waals surface area contributed by atoms with Crippen molar-refractivity contribution in [3.63, 3.8) is 0 Å². The molecule has 1 heterocycles. The Morgan fingerprint density at radius 3 is 2.95 bits per heavy atom. The summed E-state index contributed by atoms with van der Waals surface area (Å²) >= 11 is 0. The molecule has 20 heavy (non-hydrogen) atoms. The van der Waals surface area contributed by atoms with E-state index in [4.69, 9.17) is 20.3 Å². The van der Waals surface area contributed by atoms with Crippen molar-refractivity contribution < 1.29 is 19.4 Å². The smallest absolute Gasteiger partial charge is 0.308 e. The topological polar surface area (TPSA) is 81.8 Å². The number of nitrogens with two attached hydrogens (primary N) is 1. The average molecular weight is 279 g/mol. The predicted molar refractivity (Wildman–Crippen MR) is 75.3 cm³/mol. The lowest BCUT2D eigenvalue weighted by Crippen LogP contribution is -2.25. The summed E-state index contributed by atoms with van der Waals surface area (Å²) in [7, 11) is 0. The van der Waals surface area contributed by atoms with Crippen molar-refractivity contribution in [1.29, 1.82) is 0 Å². The van der Waals surface area contributed by atoms with E-state index in [1.165, 1.54) is 0 Å². The summed E-state index contributed by atoms with van der Waals surface area (Å²) in [6.07, 6.45) is 1.36. The molecule has 0 aromatic heterocycles. The number of carboxylic acid groups (broad SMARTS) is 1. The predicted octanol–water partition coefficient (Wildman–Crippen LogP) is 1.61. The zero-order valence-corrected chi connectivity index (χ0v) is 11.9. The van der Waals surface area contributed by atoms with E-state index in [2.05, 4.69) is 0 Å². The minimum absolute atomic E-state index is 0.106. The van der Waals surface area contributed by atoms with Gasteiger partial charge in [-0.05, 0) is 38.0 Å². The lowest BCUT2D eigenvalue weighted by atomic mass is 9.97. The number of carbonyl (C=O) groups is 1. The van der Waals surface area contributed by atoms with Gasteiger partial charge in [0.25, 0.3) is 0 Å². The van der Waals surface area contributed by atoms with Crippen LogP contribution in [-0.4, -0.2) is 30.3 Å². The maximum Gasteiger partial charge on any atom is 0.308 e. The zero-order valence-electron chi connectivity index (χ0n) is 11.9. The maximum absolute atomic E-state index is 11.1. The molecule has 0 aliphatic carbocycles. The van der Waals surface area contributed by atoms with Crippen LogP contribution in [0.25, 0.3) is 0 Å². The Morgan fingerprint density at radius 2 is 2.35 bits per heavy atom. The Hall–Kier alpha value is -1.75. The molecule has 5 nitrogen and oxygen atoms in total. The first-order chi connectivity index (χ1) is 9.55. The average Bonchev–Trinajstić information content (AvgIpc) is 2.74.